The summed E-state index contributed by atoms with van der Waals surface area (Å²) >= 11 is 0. The molecule has 0 aliphatic rings. The number of nitro benzene ring substituents is 1. The third-order valence-electron chi connectivity index (χ3n) is 7.37. The third-order valence-corrected chi connectivity index (χ3v) is 7.37. The molecule has 0 unspecified atom stereocenters. The fraction of sp³-hybridized carbons (Fsp3) is 0.412. The molecule has 15 nitrogen and oxygen atoms in total. The molecule has 0 heterocycles. The summed E-state index contributed by atoms with van der Waals surface area (Å²) in [5.74, 6) is -3.28. The quantitative estimate of drug-likeness (QED) is 0.0257. The molecule has 2 aromatic rings. The first kappa shape index (κ1) is 39.7. The Kier molecular flexibility index (Phi) is 16.8. The Hall–Kier alpha value is -5.44. The van der Waals surface area contributed by atoms with Crippen molar-refractivity contribution in [3.8, 4) is 0 Å². The summed E-state index contributed by atoms with van der Waals surface area (Å²) in [6.07, 6.45) is 4.66. The number of hydrogen-bond acceptors (Lipinski definition) is 9. The summed E-state index contributed by atoms with van der Waals surface area (Å²) in [6, 6.07) is 11.9. The predicted molar refractivity (Wildman–Crippen MR) is 185 cm³/mol. The van der Waals surface area contributed by atoms with Gasteiger partial charge in [0.25, 0.3) is 11.6 Å². The number of aldehydes is 1. The second kappa shape index (κ2) is 20.7. The standard InChI is InChI=1S/C34H46N8O7/c1-23(2)20-28(40-31(45)21-39-30(44)18-17-25-13-6-7-16-29(25)42(48)49)33(47)41(26(22-43)14-9-19-38-34(36)37)32(46)27(35)15-8-12-24-10-4-3-5-11-24/h3-7,10-11,13,16-18,22-23,26-28H,8-9,12,14-15,19-21,35H2,1-2H3,(H,39,44)(H,40,45)(H4,36,37,38)/t26-,27+,28-/m0/s1. The third kappa shape index (κ3) is 14.1. The number of nitro groups is 1. The molecule has 0 aliphatic heterocycles. The van der Waals surface area contributed by atoms with Crippen LogP contribution in [-0.4, -0.2) is 76.9 Å². The van der Waals surface area contributed by atoms with E-state index in [1.54, 1.807) is 6.07 Å². The second-order valence-electron chi connectivity index (χ2n) is 11.8. The van der Waals surface area contributed by atoms with Crippen LogP contribution in [0, 0.1) is 16.0 Å². The van der Waals surface area contributed by atoms with Gasteiger partial charge < -0.3 is 32.6 Å². The fourth-order valence-electron chi connectivity index (χ4n) is 4.97. The zero-order valence-corrected chi connectivity index (χ0v) is 27.8. The first-order valence-electron chi connectivity index (χ1n) is 16.0. The maximum Gasteiger partial charge on any atom is 0.276 e. The van der Waals surface area contributed by atoms with Crippen LogP contribution in [0.5, 0.6) is 0 Å². The Morgan fingerprint density at radius 3 is 2.29 bits per heavy atom. The van der Waals surface area contributed by atoms with E-state index in [0.29, 0.717) is 19.1 Å². The lowest BCUT2D eigenvalue weighted by molar-refractivity contribution is -0.385. The van der Waals surface area contributed by atoms with Gasteiger partial charge in [0.1, 0.15) is 12.3 Å². The summed E-state index contributed by atoms with van der Waals surface area (Å²) in [5, 5.41) is 16.2. The lowest BCUT2D eigenvalue weighted by atomic mass is 9.99. The molecule has 0 fully saturated rings. The number of para-hydroxylation sites is 1. The van der Waals surface area contributed by atoms with Gasteiger partial charge in [0, 0.05) is 18.7 Å². The monoisotopic (exact) mass is 678 g/mol. The minimum absolute atomic E-state index is 0.0544. The number of imide groups is 1. The highest BCUT2D eigenvalue weighted by molar-refractivity contribution is 6.03. The molecule has 0 aliphatic carbocycles. The molecule has 0 aromatic heterocycles. The van der Waals surface area contributed by atoms with Crippen molar-refractivity contribution in [1.29, 1.82) is 0 Å². The van der Waals surface area contributed by atoms with Gasteiger partial charge in [-0.05, 0) is 62.1 Å². The van der Waals surface area contributed by atoms with Crippen LogP contribution in [0.25, 0.3) is 6.08 Å². The summed E-state index contributed by atoms with van der Waals surface area (Å²) in [4.78, 5) is 80.8. The smallest absolute Gasteiger partial charge is 0.276 e. The van der Waals surface area contributed by atoms with E-state index in [0.717, 1.165) is 16.5 Å². The number of benzene rings is 2. The van der Waals surface area contributed by atoms with E-state index in [1.165, 1.54) is 24.3 Å². The van der Waals surface area contributed by atoms with Crippen LogP contribution in [0.2, 0.25) is 0 Å². The van der Waals surface area contributed by atoms with Gasteiger partial charge in [-0.3, -0.25) is 39.2 Å². The number of nitrogens with zero attached hydrogens (tertiary/aromatic N) is 3. The van der Waals surface area contributed by atoms with E-state index in [2.05, 4.69) is 15.6 Å². The van der Waals surface area contributed by atoms with Crippen molar-refractivity contribution >= 4 is 47.6 Å². The number of amides is 4. The molecule has 264 valence electrons. The van der Waals surface area contributed by atoms with Crippen LogP contribution in [-0.2, 0) is 30.4 Å². The normalized spacial score (nSPS) is 12.8. The molecule has 0 saturated heterocycles. The molecule has 8 N–H and O–H groups in total. The minimum atomic E-state index is -1.23. The number of hydrogen-bond donors (Lipinski definition) is 5. The van der Waals surface area contributed by atoms with Gasteiger partial charge in [0.15, 0.2) is 5.96 Å². The molecule has 3 atom stereocenters. The molecular weight excluding hydrogens is 632 g/mol. The SMILES string of the molecule is CC(C)C[C@H](NC(=O)CNC(=O)C=Cc1ccccc1[N+](=O)[O-])C(=O)N(C(=O)[C@H](N)CCCc1ccccc1)[C@H](C=O)CCCN=C(N)N. The van der Waals surface area contributed by atoms with Crippen molar-refractivity contribution in [2.24, 2.45) is 28.1 Å². The number of aryl methyl sites for hydroxylation is 1. The zero-order chi connectivity index (χ0) is 36.3. The number of nitrogens with one attached hydrogen (secondary N) is 2. The van der Waals surface area contributed by atoms with Crippen LogP contribution in [0.4, 0.5) is 5.69 Å². The number of nitrogens with two attached hydrogens (primary N) is 3. The highest BCUT2D eigenvalue weighted by Gasteiger charge is 2.37. The Morgan fingerprint density at radius 1 is 0.980 bits per heavy atom. The van der Waals surface area contributed by atoms with E-state index in [1.807, 2.05) is 44.2 Å². The Morgan fingerprint density at radius 2 is 1.65 bits per heavy atom. The largest absolute Gasteiger partial charge is 0.370 e. The van der Waals surface area contributed by atoms with Crippen LogP contribution in [0.15, 0.2) is 65.7 Å². The van der Waals surface area contributed by atoms with Gasteiger partial charge in [0.05, 0.1) is 29.1 Å². The highest BCUT2D eigenvalue weighted by Crippen LogP contribution is 2.19. The second-order valence-corrected chi connectivity index (χ2v) is 11.8. The van der Waals surface area contributed by atoms with Gasteiger partial charge in [-0.15, -0.1) is 0 Å². The molecule has 15 heteroatoms. The van der Waals surface area contributed by atoms with Crippen LogP contribution in [0.1, 0.15) is 57.1 Å². The summed E-state index contributed by atoms with van der Waals surface area (Å²) in [5.41, 5.74) is 18.1. The molecule has 0 radical (unpaired) electrons. The van der Waals surface area contributed by atoms with E-state index < -0.39 is 53.2 Å². The first-order valence-corrected chi connectivity index (χ1v) is 16.0. The number of aliphatic imine (C=N–C) groups is 1. The highest BCUT2D eigenvalue weighted by atomic mass is 16.6. The number of carbonyl (C=O) groups excluding carboxylic acids is 5. The molecule has 0 saturated carbocycles. The molecule has 4 amide bonds. The first-order chi connectivity index (χ1) is 23.3. The maximum atomic E-state index is 14.0. The molecule has 0 spiro atoms. The number of carbonyl (C=O) groups is 5. The zero-order valence-electron chi connectivity index (χ0n) is 27.8. The van der Waals surface area contributed by atoms with Crippen molar-refractivity contribution in [2.75, 3.05) is 13.1 Å². The van der Waals surface area contributed by atoms with E-state index in [4.69, 9.17) is 17.2 Å². The van der Waals surface area contributed by atoms with Gasteiger partial charge in [0.2, 0.25) is 17.7 Å². The van der Waals surface area contributed by atoms with Gasteiger partial charge in [-0.2, -0.15) is 0 Å². The van der Waals surface area contributed by atoms with Gasteiger partial charge in [-0.1, -0.05) is 56.3 Å². The fourth-order valence-corrected chi connectivity index (χ4v) is 4.97. The van der Waals surface area contributed by atoms with Gasteiger partial charge >= 0.3 is 0 Å². The molecule has 2 aromatic carbocycles. The van der Waals surface area contributed by atoms with E-state index >= 15 is 0 Å². The lowest BCUT2D eigenvalue weighted by Gasteiger charge is -2.32. The van der Waals surface area contributed by atoms with Crippen LogP contribution in [0.3, 0.4) is 0 Å². The van der Waals surface area contributed by atoms with E-state index in [-0.39, 0.29) is 55.4 Å². The lowest BCUT2D eigenvalue weighted by Crippen LogP contribution is -2.59. The van der Waals surface area contributed by atoms with E-state index in [9.17, 15) is 34.1 Å². The molecule has 2 rings (SSSR count). The Bertz CT molecular complexity index is 1490. The van der Waals surface area contributed by atoms with Crippen LogP contribution >= 0.6 is 0 Å². The summed E-state index contributed by atoms with van der Waals surface area (Å²) in [7, 11) is 0. The topological polar surface area (TPSA) is 246 Å². The molecular formula is C34H46N8O7. The Balaban J connectivity index is 2.20. The number of guanidine groups is 1. The molecule has 49 heavy (non-hydrogen) atoms. The summed E-state index contributed by atoms with van der Waals surface area (Å²) in [6.45, 7) is 3.25. The maximum absolute atomic E-state index is 14.0. The van der Waals surface area contributed by atoms with Gasteiger partial charge in [-0.25, -0.2) is 0 Å². The summed E-state index contributed by atoms with van der Waals surface area (Å²) < 4.78 is 0. The average Bonchev–Trinajstić information content (AvgIpc) is 3.07. The van der Waals surface area contributed by atoms with Crippen molar-refractivity contribution in [3.05, 3.63) is 81.9 Å². The number of rotatable bonds is 20. The van der Waals surface area contributed by atoms with Crippen molar-refractivity contribution < 1.29 is 28.9 Å². The van der Waals surface area contributed by atoms with Crippen molar-refractivity contribution in [3.63, 3.8) is 0 Å². The molecule has 0 bridgehead atoms. The van der Waals surface area contributed by atoms with Crippen LogP contribution < -0.4 is 27.8 Å². The minimum Gasteiger partial charge on any atom is -0.370 e. The predicted octanol–water partition coefficient (Wildman–Crippen LogP) is 1.58. The Labute approximate surface area is 285 Å². The average molecular weight is 679 g/mol. The van der Waals surface area contributed by atoms with Crippen molar-refractivity contribution in [2.45, 2.75) is 70.5 Å². The van der Waals surface area contributed by atoms with Crippen molar-refractivity contribution in [1.82, 2.24) is 15.5 Å².